The third kappa shape index (κ3) is 6.33. The Morgan fingerprint density at radius 1 is 1.00 bits per heavy atom. The first-order chi connectivity index (χ1) is 20.7. The molecule has 2 fully saturated rings. The van der Waals surface area contributed by atoms with Crippen molar-refractivity contribution in [3.63, 3.8) is 0 Å². The van der Waals surface area contributed by atoms with Crippen LogP contribution in [0.3, 0.4) is 0 Å². The number of urea groups is 1. The SMILES string of the molecule is C=CCN1CC(=O)N2[C@@H](Cc3ccc(O)cc3F)C(=O)N(Cc3ccc(F)cc3F)C[C@@H]2N1C(=O)NCc1ccccc1. The average molecular weight is 594 g/mol. The van der Waals surface area contributed by atoms with Crippen LogP contribution in [0.25, 0.3) is 0 Å². The molecule has 2 atom stereocenters. The van der Waals surface area contributed by atoms with Gasteiger partial charge in [0.15, 0.2) is 0 Å². The van der Waals surface area contributed by atoms with Crippen LogP contribution < -0.4 is 5.32 Å². The highest BCUT2D eigenvalue weighted by Crippen LogP contribution is 2.30. The van der Waals surface area contributed by atoms with Gasteiger partial charge >= 0.3 is 6.03 Å². The van der Waals surface area contributed by atoms with Crippen molar-refractivity contribution < 1.29 is 32.7 Å². The third-order valence-electron chi connectivity index (χ3n) is 7.49. The third-order valence-corrected chi connectivity index (χ3v) is 7.49. The number of amides is 4. The Kier molecular flexibility index (Phi) is 8.67. The smallest absolute Gasteiger partial charge is 0.334 e. The van der Waals surface area contributed by atoms with E-state index >= 15 is 0 Å². The van der Waals surface area contributed by atoms with Gasteiger partial charge in [-0.05, 0) is 23.3 Å². The highest BCUT2D eigenvalue weighted by Gasteiger charge is 2.51. The number of aromatic hydroxyl groups is 1. The summed E-state index contributed by atoms with van der Waals surface area (Å²) in [6.07, 6.45) is 0.225. The lowest BCUT2D eigenvalue weighted by atomic mass is 9.97. The monoisotopic (exact) mass is 593 g/mol. The highest BCUT2D eigenvalue weighted by molar-refractivity contribution is 5.91. The van der Waals surface area contributed by atoms with Crippen LogP contribution >= 0.6 is 0 Å². The van der Waals surface area contributed by atoms with E-state index in [0.717, 1.165) is 17.7 Å². The predicted octanol–water partition coefficient (Wildman–Crippen LogP) is 3.55. The van der Waals surface area contributed by atoms with Crippen molar-refractivity contribution in [2.24, 2.45) is 0 Å². The molecule has 0 bridgehead atoms. The van der Waals surface area contributed by atoms with Crippen molar-refractivity contribution in [3.05, 3.63) is 114 Å². The standard InChI is InChI=1S/C31H30F3N5O4/c1-2-12-37-19-29(41)38-27(13-21-9-11-24(40)15-26(21)34)30(42)36(17-22-8-10-23(32)14-25(22)33)18-28(38)39(37)31(43)35-16-20-6-4-3-5-7-20/h2-11,14-15,27-28,40H,1,12-13,16-19H2,(H,35,43)/t27-,28-/m0/s1. The van der Waals surface area contributed by atoms with Gasteiger partial charge in [-0.1, -0.05) is 48.5 Å². The van der Waals surface area contributed by atoms with Gasteiger partial charge in [-0.3, -0.25) is 9.59 Å². The van der Waals surface area contributed by atoms with Gasteiger partial charge in [-0.25, -0.2) is 28.0 Å². The van der Waals surface area contributed by atoms with E-state index in [1.54, 1.807) is 0 Å². The number of phenols is 1. The zero-order chi connectivity index (χ0) is 30.7. The maximum Gasteiger partial charge on any atom is 0.334 e. The van der Waals surface area contributed by atoms with Gasteiger partial charge in [0.1, 0.15) is 35.4 Å². The number of nitrogens with zero attached hydrogens (tertiary/aromatic N) is 4. The van der Waals surface area contributed by atoms with E-state index in [2.05, 4.69) is 11.9 Å². The van der Waals surface area contributed by atoms with Crippen molar-refractivity contribution >= 4 is 17.8 Å². The van der Waals surface area contributed by atoms with Gasteiger partial charge in [-0.2, -0.15) is 0 Å². The molecule has 43 heavy (non-hydrogen) atoms. The summed E-state index contributed by atoms with van der Waals surface area (Å²) >= 11 is 0. The summed E-state index contributed by atoms with van der Waals surface area (Å²) in [5, 5.41) is 15.4. The summed E-state index contributed by atoms with van der Waals surface area (Å²) in [5.41, 5.74) is 0.929. The van der Waals surface area contributed by atoms with Crippen LogP contribution in [0, 0.1) is 17.5 Å². The second kappa shape index (κ2) is 12.6. The van der Waals surface area contributed by atoms with Crippen molar-refractivity contribution in [2.75, 3.05) is 19.6 Å². The molecule has 0 spiro atoms. The minimum atomic E-state index is -1.26. The Morgan fingerprint density at radius 2 is 1.72 bits per heavy atom. The Bertz CT molecular complexity index is 1540. The molecule has 5 rings (SSSR count). The van der Waals surface area contributed by atoms with E-state index in [9.17, 15) is 32.7 Å². The number of phenolic OH excluding ortho intramolecular Hbond substituents is 1. The number of carbonyl (C=O) groups is 3. The molecule has 4 amide bonds. The number of hydrogen-bond donors (Lipinski definition) is 2. The van der Waals surface area contributed by atoms with E-state index in [-0.39, 0.29) is 56.0 Å². The maximum absolute atomic E-state index is 14.9. The van der Waals surface area contributed by atoms with Crippen molar-refractivity contribution in [1.29, 1.82) is 0 Å². The molecule has 2 heterocycles. The molecule has 2 aliphatic rings. The highest BCUT2D eigenvalue weighted by atomic mass is 19.1. The summed E-state index contributed by atoms with van der Waals surface area (Å²) in [6, 6.07) is 13.9. The molecule has 2 aliphatic heterocycles. The lowest BCUT2D eigenvalue weighted by Crippen LogP contribution is -2.76. The summed E-state index contributed by atoms with van der Waals surface area (Å²) in [6.45, 7) is 3.33. The van der Waals surface area contributed by atoms with Crippen LogP contribution in [-0.4, -0.2) is 74.6 Å². The molecule has 0 aromatic heterocycles. The van der Waals surface area contributed by atoms with E-state index in [1.165, 1.54) is 44.1 Å². The Labute approximate surface area is 246 Å². The normalized spacial score (nSPS) is 18.9. The fraction of sp³-hybridized carbons (Fsp3) is 0.258. The number of hydrazine groups is 1. The van der Waals surface area contributed by atoms with Crippen LogP contribution in [0.1, 0.15) is 16.7 Å². The number of rotatable bonds is 8. The topological polar surface area (TPSA) is 96.4 Å². The van der Waals surface area contributed by atoms with Crippen molar-refractivity contribution in [1.82, 2.24) is 25.1 Å². The number of halogens is 3. The number of benzene rings is 3. The quantitative estimate of drug-likeness (QED) is 0.390. The van der Waals surface area contributed by atoms with Gasteiger partial charge in [0.2, 0.25) is 11.8 Å². The van der Waals surface area contributed by atoms with E-state index in [1.807, 2.05) is 30.3 Å². The number of nitrogens with one attached hydrogen (secondary N) is 1. The molecule has 0 aliphatic carbocycles. The molecule has 3 aromatic carbocycles. The van der Waals surface area contributed by atoms with E-state index in [4.69, 9.17) is 0 Å². The van der Waals surface area contributed by atoms with Gasteiger partial charge in [0.25, 0.3) is 0 Å². The van der Waals surface area contributed by atoms with Crippen LogP contribution in [0.5, 0.6) is 5.75 Å². The second-order valence-electron chi connectivity index (χ2n) is 10.4. The summed E-state index contributed by atoms with van der Waals surface area (Å²) in [5.74, 6) is -3.79. The molecule has 12 heteroatoms. The first-order valence-corrected chi connectivity index (χ1v) is 13.6. The molecule has 0 saturated carbocycles. The maximum atomic E-state index is 14.9. The summed E-state index contributed by atoms with van der Waals surface area (Å²) in [7, 11) is 0. The van der Waals surface area contributed by atoms with Crippen LogP contribution in [-0.2, 0) is 29.1 Å². The van der Waals surface area contributed by atoms with Gasteiger partial charge in [0.05, 0.1) is 13.1 Å². The molecule has 0 radical (unpaired) electrons. The van der Waals surface area contributed by atoms with Gasteiger partial charge in [-0.15, -0.1) is 6.58 Å². The largest absolute Gasteiger partial charge is 0.508 e. The van der Waals surface area contributed by atoms with E-state index in [0.29, 0.717) is 6.07 Å². The number of carbonyl (C=O) groups excluding carboxylic acids is 3. The number of piperazine rings is 1. The van der Waals surface area contributed by atoms with Crippen LogP contribution in [0.4, 0.5) is 18.0 Å². The average Bonchev–Trinajstić information content (AvgIpc) is 2.97. The Morgan fingerprint density at radius 3 is 2.42 bits per heavy atom. The molecule has 3 aromatic rings. The zero-order valence-corrected chi connectivity index (χ0v) is 23.1. The molecular weight excluding hydrogens is 563 g/mol. The Hall–Kier alpha value is -4.84. The zero-order valence-electron chi connectivity index (χ0n) is 23.1. The van der Waals surface area contributed by atoms with Gasteiger partial charge in [0, 0.05) is 43.8 Å². The van der Waals surface area contributed by atoms with Crippen LogP contribution in [0.2, 0.25) is 0 Å². The summed E-state index contributed by atoms with van der Waals surface area (Å²) in [4.78, 5) is 43.8. The first-order valence-electron chi connectivity index (χ1n) is 13.6. The number of hydrogen-bond acceptors (Lipinski definition) is 5. The minimum Gasteiger partial charge on any atom is -0.508 e. The fourth-order valence-corrected chi connectivity index (χ4v) is 5.46. The van der Waals surface area contributed by atoms with Gasteiger partial charge < -0.3 is 20.2 Å². The molecule has 224 valence electrons. The fourth-order valence-electron chi connectivity index (χ4n) is 5.46. The molecule has 2 N–H and O–H groups in total. The second-order valence-corrected chi connectivity index (χ2v) is 10.4. The Balaban J connectivity index is 1.52. The van der Waals surface area contributed by atoms with E-state index < -0.39 is 47.5 Å². The number of fused-ring (bicyclic) bond motifs is 1. The lowest BCUT2D eigenvalue weighted by molar-refractivity contribution is -0.189. The molecule has 0 unspecified atom stereocenters. The van der Waals surface area contributed by atoms with Crippen molar-refractivity contribution in [2.45, 2.75) is 31.7 Å². The predicted molar refractivity (Wildman–Crippen MR) is 150 cm³/mol. The van der Waals surface area contributed by atoms with Crippen molar-refractivity contribution in [3.8, 4) is 5.75 Å². The van der Waals surface area contributed by atoms with Crippen LogP contribution in [0.15, 0.2) is 79.4 Å². The molecule has 2 saturated heterocycles. The molecular formula is C31H30F3N5O4. The first kappa shape index (κ1) is 29.6. The molecule has 9 nitrogen and oxygen atoms in total. The summed E-state index contributed by atoms with van der Waals surface area (Å²) < 4.78 is 43.1. The lowest BCUT2D eigenvalue weighted by Gasteiger charge is -2.55. The minimum absolute atomic E-state index is 0.0305.